The van der Waals surface area contributed by atoms with E-state index in [2.05, 4.69) is 9.97 Å². The highest BCUT2D eigenvalue weighted by Gasteiger charge is 2.51. The van der Waals surface area contributed by atoms with Crippen LogP contribution in [0, 0.1) is 35.5 Å². The molecule has 0 amide bonds. The van der Waals surface area contributed by atoms with Gasteiger partial charge in [0, 0.05) is 49.0 Å². The van der Waals surface area contributed by atoms with Gasteiger partial charge < -0.3 is 18.9 Å². The summed E-state index contributed by atoms with van der Waals surface area (Å²) in [5.41, 5.74) is -3.25. The van der Waals surface area contributed by atoms with Crippen LogP contribution in [0.25, 0.3) is 0 Å². The molecule has 18 heteroatoms. The number of hydrogen-bond donors (Lipinski definition) is 0. The molecule has 56 heavy (non-hydrogen) atoms. The highest BCUT2D eigenvalue weighted by atomic mass is 19.4. The molecule has 3 saturated carbocycles. The molecule has 0 spiro atoms. The number of carbonyl (C=O) groups excluding carboxylic acids is 6. The van der Waals surface area contributed by atoms with Crippen LogP contribution >= 0.6 is 0 Å². The lowest BCUT2D eigenvalue weighted by Gasteiger charge is -2.25. The molecule has 4 atom stereocenters. The van der Waals surface area contributed by atoms with E-state index in [-0.39, 0.29) is 74.0 Å². The topological polar surface area (TPSA) is 165 Å². The average molecular weight is 797 g/mol. The Bertz CT molecular complexity index is 1770. The Kier molecular flexibility index (Phi) is 13.5. The summed E-state index contributed by atoms with van der Waals surface area (Å²) in [6.07, 6.45) is -4.25. The smallest absolute Gasteiger partial charge is 0.382 e. The summed E-state index contributed by atoms with van der Waals surface area (Å²) in [5.74, 6) is -8.21. The van der Waals surface area contributed by atoms with E-state index in [1.807, 2.05) is 0 Å². The van der Waals surface area contributed by atoms with E-state index in [1.54, 1.807) is 12.2 Å². The minimum atomic E-state index is -4.71. The average Bonchev–Trinajstić information content (AvgIpc) is 3.81. The number of aromatic nitrogens is 2. The molecule has 3 fully saturated rings. The number of nitrogens with zero attached hydrogens (tertiary/aromatic N) is 2. The Hall–Kier alpha value is -4.52. The van der Waals surface area contributed by atoms with Gasteiger partial charge in [-0.2, -0.15) is 26.3 Å². The van der Waals surface area contributed by atoms with Gasteiger partial charge in [0.25, 0.3) is 0 Å². The Balaban J connectivity index is 0.000000214. The molecule has 12 nitrogen and oxygen atoms in total. The van der Waals surface area contributed by atoms with Crippen LogP contribution in [0.2, 0.25) is 0 Å². The van der Waals surface area contributed by atoms with E-state index in [0.29, 0.717) is 37.8 Å². The van der Waals surface area contributed by atoms with Crippen LogP contribution < -0.4 is 0 Å². The number of halogens is 6. The van der Waals surface area contributed by atoms with Gasteiger partial charge in [0.05, 0.1) is 51.0 Å². The molecule has 0 aromatic carbocycles. The first-order valence-electron chi connectivity index (χ1n) is 17.7. The molecule has 302 valence electrons. The van der Waals surface area contributed by atoms with Gasteiger partial charge in [-0.25, -0.2) is 9.97 Å². The van der Waals surface area contributed by atoms with Crippen molar-refractivity contribution in [3.05, 3.63) is 70.3 Å². The van der Waals surface area contributed by atoms with E-state index in [4.69, 9.17) is 18.9 Å². The Morgan fingerprint density at radius 1 is 0.607 bits per heavy atom. The third kappa shape index (κ3) is 9.36. The normalized spacial score (nSPS) is 24.4. The van der Waals surface area contributed by atoms with Crippen LogP contribution in [0.4, 0.5) is 26.3 Å². The molecule has 4 bridgehead atoms. The number of ketones is 6. The van der Waals surface area contributed by atoms with Crippen molar-refractivity contribution in [3.8, 4) is 0 Å². The fraction of sp³-hybridized carbons (Fsp3) is 0.526. The van der Waals surface area contributed by atoms with E-state index in [0.717, 1.165) is 12.1 Å². The van der Waals surface area contributed by atoms with Crippen molar-refractivity contribution in [1.29, 1.82) is 0 Å². The van der Waals surface area contributed by atoms with Crippen molar-refractivity contribution in [1.82, 2.24) is 9.97 Å². The maximum Gasteiger partial charge on any atom is 0.433 e. The van der Waals surface area contributed by atoms with Crippen LogP contribution in [0.3, 0.4) is 0 Å². The van der Waals surface area contributed by atoms with Gasteiger partial charge in [-0.15, -0.1) is 0 Å². The number of alkyl halides is 6. The van der Waals surface area contributed by atoms with Gasteiger partial charge in [0.1, 0.15) is 23.2 Å². The lowest BCUT2D eigenvalue weighted by molar-refractivity contribution is -0.142. The summed E-state index contributed by atoms with van der Waals surface area (Å²) in [5, 5.41) is 0. The van der Waals surface area contributed by atoms with Crippen LogP contribution in [0.1, 0.15) is 69.2 Å². The molecular weight excluding hydrogens is 758 g/mol. The molecule has 2 aromatic heterocycles. The van der Waals surface area contributed by atoms with Crippen LogP contribution in [0.5, 0.6) is 0 Å². The summed E-state index contributed by atoms with van der Waals surface area (Å²) >= 11 is 0. The lowest BCUT2D eigenvalue weighted by atomic mass is 9.74. The number of fused-ring (bicyclic) bond motifs is 4. The molecular formula is C38H38F6N2O10. The van der Waals surface area contributed by atoms with Gasteiger partial charge in [-0.1, -0.05) is 12.2 Å². The van der Waals surface area contributed by atoms with Crippen LogP contribution in [-0.2, 0) is 63.7 Å². The Morgan fingerprint density at radius 2 is 1.00 bits per heavy atom. The number of hydrogen-bond acceptors (Lipinski definition) is 12. The Labute approximate surface area is 316 Å². The summed E-state index contributed by atoms with van der Waals surface area (Å²) < 4.78 is 98.1. The van der Waals surface area contributed by atoms with E-state index >= 15 is 0 Å². The molecule has 2 heterocycles. The van der Waals surface area contributed by atoms with Crippen LogP contribution in [0.15, 0.2) is 36.4 Å². The van der Waals surface area contributed by atoms with Crippen molar-refractivity contribution in [2.45, 2.75) is 51.2 Å². The molecule has 4 aliphatic rings. The van der Waals surface area contributed by atoms with Crippen LogP contribution in [-0.4, -0.2) is 85.3 Å². The second-order valence-corrected chi connectivity index (χ2v) is 13.7. The van der Waals surface area contributed by atoms with Gasteiger partial charge >= 0.3 is 12.4 Å². The predicted molar refractivity (Wildman–Crippen MR) is 179 cm³/mol. The second kappa shape index (κ2) is 17.7. The molecule has 0 N–H and O–H groups in total. The number of Topliss-reactive ketones (excluding diaryl/α,β-unsaturated/α-hetero) is 6. The summed E-state index contributed by atoms with van der Waals surface area (Å²) in [4.78, 5) is 83.1. The SMILES string of the molecule is COCCOCc1nc(C(F)(F)F)ccc1C(=O)C1C(=O)C2C=CC(C2)C1=O.COCCOCc1nc(C(F)(F)F)ccc1C(=O)C1C(=O)C2CCC(C2)C1=O. The molecule has 0 aliphatic heterocycles. The molecule has 0 radical (unpaired) electrons. The number of ether oxygens (including phenoxy) is 4. The lowest BCUT2D eigenvalue weighted by Crippen LogP contribution is -2.42. The number of rotatable bonds is 14. The third-order valence-corrected chi connectivity index (χ3v) is 10.1. The standard InChI is InChI=1S/C19H20F3NO5.C19H18F3NO5/c2*1-27-6-7-28-9-13-12(4-5-14(23-13)19(20,21)22)18(26)15-16(24)10-2-3-11(8-10)17(15)25/h4-5,10-11,15H,2-3,6-9H2,1H3;2-5,10-11,15H,6-9H2,1H3. The zero-order chi connectivity index (χ0) is 40.9. The highest BCUT2D eigenvalue weighted by molar-refractivity contribution is 6.28. The number of pyridine rings is 2. The van der Waals surface area contributed by atoms with Crippen molar-refractivity contribution >= 4 is 34.7 Å². The fourth-order valence-corrected chi connectivity index (χ4v) is 7.24. The summed E-state index contributed by atoms with van der Waals surface area (Å²) in [7, 11) is 2.87. The van der Waals surface area contributed by atoms with E-state index in [9.17, 15) is 55.1 Å². The van der Waals surface area contributed by atoms with Crippen molar-refractivity contribution in [2.24, 2.45) is 35.5 Å². The zero-order valence-electron chi connectivity index (χ0n) is 30.2. The molecule has 4 aliphatic carbocycles. The van der Waals surface area contributed by atoms with Crippen molar-refractivity contribution < 1.29 is 74.1 Å². The van der Waals surface area contributed by atoms with E-state index < -0.39 is 82.1 Å². The van der Waals surface area contributed by atoms with E-state index in [1.165, 1.54) is 14.2 Å². The van der Waals surface area contributed by atoms with Gasteiger partial charge in [-0.05, 0) is 49.9 Å². The highest BCUT2D eigenvalue weighted by Crippen LogP contribution is 2.42. The van der Waals surface area contributed by atoms with Gasteiger partial charge in [0.2, 0.25) is 0 Å². The minimum Gasteiger partial charge on any atom is -0.382 e. The van der Waals surface area contributed by atoms with Crippen molar-refractivity contribution in [3.63, 3.8) is 0 Å². The summed E-state index contributed by atoms with van der Waals surface area (Å²) in [6, 6.07) is 3.27. The first kappa shape index (κ1) is 42.6. The first-order chi connectivity index (χ1) is 26.5. The predicted octanol–water partition coefficient (Wildman–Crippen LogP) is 5.04. The molecule has 0 saturated heterocycles. The summed E-state index contributed by atoms with van der Waals surface area (Å²) in [6.45, 7) is -0.155. The number of methoxy groups -OCH3 is 2. The maximum atomic E-state index is 13.0. The minimum absolute atomic E-state index is 0.0808. The monoisotopic (exact) mass is 796 g/mol. The van der Waals surface area contributed by atoms with Gasteiger partial charge in [0.15, 0.2) is 34.7 Å². The number of allylic oxidation sites excluding steroid dienone is 2. The fourth-order valence-electron chi connectivity index (χ4n) is 7.24. The second-order valence-electron chi connectivity index (χ2n) is 13.7. The number of carbonyl (C=O) groups is 6. The molecule has 2 aromatic rings. The molecule has 6 rings (SSSR count). The zero-order valence-corrected chi connectivity index (χ0v) is 30.2. The molecule has 4 unspecified atom stereocenters. The van der Waals surface area contributed by atoms with Gasteiger partial charge in [-0.3, -0.25) is 28.8 Å². The van der Waals surface area contributed by atoms with Crippen molar-refractivity contribution in [2.75, 3.05) is 40.6 Å². The Morgan fingerprint density at radius 3 is 1.38 bits per heavy atom. The maximum absolute atomic E-state index is 13.0. The largest absolute Gasteiger partial charge is 0.433 e. The quantitative estimate of drug-likeness (QED) is 0.0824. The third-order valence-electron chi connectivity index (χ3n) is 10.1. The first-order valence-corrected chi connectivity index (χ1v) is 17.7.